The van der Waals surface area contributed by atoms with Crippen molar-refractivity contribution in [3.05, 3.63) is 150 Å². The third-order valence-electron chi connectivity index (χ3n) is 6.87. The molecule has 9 heteroatoms. The van der Waals surface area contributed by atoms with Gasteiger partial charge in [0.15, 0.2) is 0 Å². The van der Waals surface area contributed by atoms with Crippen molar-refractivity contribution in [2.45, 2.75) is 14.7 Å². The maximum atomic E-state index is 13.5. The van der Waals surface area contributed by atoms with E-state index < -0.39 is 17.6 Å². The van der Waals surface area contributed by atoms with E-state index in [1.807, 2.05) is 60.7 Å². The van der Waals surface area contributed by atoms with Gasteiger partial charge in [-0.05, 0) is 84.4 Å². The SMILES string of the molecule is O=C(Nc1ccc(SCC(=O)N2c3ccccc3Sc3ccccc32)cc1)/C(=C/c1ccc(F)cc1)NC(=O)c1ccccc1. The molecule has 5 aromatic carbocycles. The Morgan fingerprint density at radius 1 is 0.733 bits per heavy atom. The molecule has 1 aliphatic heterocycles. The molecule has 0 saturated heterocycles. The van der Waals surface area contributed by atoms with Gasteiger partial charge in [-0.15, -0.1) is 11.8 Å². The molecule has 222 valence electrons. The first-order chi connectivity index (χ1) is 21.9. The molecule has 0 atom stereocenters. The van der Waals surface area contributed by atoms with Crippen molar-refractivity contribution in [3.8, 4) is 0 Å². The zero-order valence-electron chi connectivity index (χ0n) is 23.8. The number of fused-ring (bicyclic) bond motifs is 2. The summed E-state index contributed by atoms with van der Waals surface area (Å²) in [6, 6.07) is 37.0. The Kier molecular flexibility index (Phi) is 9.09. The van der Waals surface area contributed by atoms with Crippen molar-refractivity contribution < 1.29 is 18.8 Å². The molecule has 1 aliphatic rings. The van der Waals surface area contributed by atoms with E-state index in [9.17, 15) is 18.8 Å². The Morgan fingerprint density at radius 3 is 1.98 bits per heavy atom. The Bertz CT molecular complexity index is 1850. The maximum Gasteiger partial charge on any atom is 0.272 e. The van der Waals surface area contributed by atoms with Gasteiger partial charge in [0.2, 0.25) is 5.91 Å². The molecule has 1 heterocycles. The van der Waals surface area contributed by atoms with Crippen LogP contribution in [0.4, 0.5) is 21.5 Å². The second kappa shape index (κ2) is 13.7. The summed E-state index contributed by atoms with van der Waals surface area (Å²) in [5.41, 5.74) is 3.18. The number of anilines is 3. The zero-order chi connectivity index (χ0) is 31.2. The van der Waals surface area contributed by atoms with Crippen LogP contribution in [0.15, 0.2) is 148 Å². The number of hydrogen-bond acceptors (Lipinski definition) is 5. The Morgan fingerprint density at radius 2 is 1.33 bits per heavy atom. The lowest BCUT2D eigenvalue weighted by molar-refractivity contribution is -0.115. The van der Waals surface area contributed by atoms with Crippen molar-refractivity contribution in [3.63, 3.8) is 0 Å². The van der Waals surface area contributed by atoms with Crippen LogP contribution in [0.2, 0.25) is 0 Å². The van der Waals surface area contributed by atoms with Crippen LogP contribution in [0.5, 0.6) is 0 Å². The highest BCUT2D eigenvalue weighted by atomic mass is 32.2. The van der Waals surface area contributed by atoms with Crippen LogP contribution < -0.4 is 15.5 Å². The maximum absolute atomic E-state index is 13.5. The second-order valence-corrected chi connectivity index (χ2v) is 12.1. The molecule has 45 heavy (non-hydrogen) atoms. The van der Waals surface area contributed by atoms with Gasteiger partial charge >= 0.3 is 0 Å². The van der Waals surface area contributed by atoms with Gasteiger partial charge in [0.25, 0.3) is 11.8 Å². The summed E-state index contributed by atoms with van der Waals surface area (Å²) < 4.78 is 13.5. The Hall–Kier alpha value is -5.12. The lowest BCUT2D eigenvalue weighted by atomic mass is 10.1. The van der Waals surface area contributed by atoms with Gasteiger partial charge < -0.3 is 10.6 Å². The molecule has 0 radical (unpaired) electrons. The average molecular weight is 632 g/mol. The molecule has 0 fully saturated rings. The minimum atomic E-state index is -0.542. The first-order valence-corrected chi connectivity index (χ1v) is 15.8. The third kappa shape index (κ3) is 7.17. The van der Waals surface area contributed by atoms with E-state index in [4.69, 9.17) is 0 Å². The van der Waals surface area contributed by atoms with Crippen LogP contribution in [-0.2, 0) is 9.59 Å². The average Bonchev–Trinajstić information content (AvgIpc) is 3.07. The lowest BCUT2D eigenvalue weighted by Crippen LogP contribution is -2.30. The number of hydrogen-bond donors (Lipinski definition) is 2. The third-order valence-corrected chi connectivity index (χ3v) is 8.99. The smallest absolute Gasteiger partial charge is 0.272 e. The van der Waals surface area contributed by atoms with Crippen molar-refractivity contribution in [2.24, 2.45) is 0 Å². The highest BCUT2D eigenvalue weighted by Crippen LogP contribution is 2.48. The highest BCUT2D eigenvalue weighted by molar-refractivity contribution is 8.00. The number of carbonyl (C=O) groups excluding carboxylic acids is 3. The van der Waals surface area contributed by atoms with Gasteiger partial charge in [0.1, 0.15) is 11.5 Å². The number of amides is 3. The van der Waals surface area contributed by atoms with Crippen LogP contribution in [0, 0.1) is 5.82 Å². The van der Waals surface area contributed by atoms with E-state index in [0.29, 0.717) is 16.8 Å². The number of benzene rings is 5. The van der Waals surface area contributed by atoms with E-state index in [1.54, 1.807) is 59.1 Å². The molecule has 0 bridgehead atoms. The highest BCUT2D eigenvalue weighted by Gasteiger charge is 2.27. The largest absolute Gasteiger partial charge is 0.321 e. The molecule has 6 rings (SSSR count). The van der Waals surface area contributed by atoms with E-state index in [-0.39, 0.29) is 17.4 Å². The number of nitrogens with one attached hydrogen (secondary N) is 2. The summed E-state index contributed by atoms with van der Waals surface area (Å²) >= 11 is 3.06. The van der Waals surface area contributed by atoms with E-state index in [0.717, 1.165) is 26.1 Å². The van der Waals surface area contributed by atoms with Crippen molar-refractivity contribution in [1.82, 2.24) is 5.32 Å². The van der Waals surface area contributed by atoms with Gasteiger partial charge in [0, 0.05) is 25.9 Å². The number of rotatable bonds is 8. The summed E-state index contributed by atoms with van der Waals surface area (Å²) in [6.45, 7) is 0. The standard InChI is InChI=1S/C36H26FN3O3S2/c37-26-16-14-24(15-17-26)22-29(39-35(42)25-8-2-1-3-9-25)36(43)38-27-18-20-28(21-19-27)44-23-34(41)40-30-10-4-6-12-32(30)45-33-13-7-5-11-31(33)40/h1-22H,23H2,(H,38,43)(H,39,42)/b29-22-. The minimum absolute atomic E-state index is 0.000216. The van der Waals surface area contributed by atoms with Crippen LogP contribution in [0.1, 0.15) is 15.9 Å². The zero-order valence-corrected chi connectivity index (χ0v) is 25.4. The molecule has 3 amide bonds. The van der Waals surface area contributed by atoms with Crippen LogP contribution >= 0.6 is 23.5 Å². The predicted molar refractivity (Wildman–Crippen MR) is 178 cm³/mol. The molecule has 6 nitrogen and oxygen atoms in total. The molecule has 0 aliphatic carbocycles. The number of para-hydroxylation sites is 2. The molecule has 0 aromatic heterocycles. The van der Waals surface area contributed by atoms with E-state index >= 15 is 0 Å². The van der Waals surface area contributed by atoms with Gasteiger partial charge in [-0.25, -0.2) is 4.39 Å². The lowest BCUT2D eigenvalue weighted by Gasteiger charge is -2.31. The van der Waals surface area contributed by atoms with Crippen molar-refractivity contribution in [1.29, 1.82) is 0 Å². The summed E-state index contributed by atoms with van der Waals surface area (Å²) in [6.07, 6.45) is 1.49. The van der Waals surface area contributed by atoms with Crippen molar-refractivity contribution in [2.75, 3.05) is 16.0 Å². The number of thioether (sulfide) groups is 1. The first-order valence-electron chi connectivity index (χ1n) is 14.0. The normalized spacial score (nSPS) is 12.1. The number of halogens is 1. The Balaban J connectivity index is 1.14. The predicted octanol–water partition coefficient (Wildman–Crippen LogP) is 8.16. The quantitative estimate of drug-likeness (QED) is 0.134. The van der Waals surface area contributed by atoms with Crippen LogP contribution in [0.25, 0.3) is 6.08 Å². The fraction of sp³-hybridized carbons (Fsp3) is 0.0278. The first kappa shape index (κ1) is 29.9. The monoisotopic (exact) mass is 631 g/mol. The number of carbonyl (C=O) groups is 3. The number of nitrogens with zero attached hydrogens (tertiary/aromatic N) is 1. The van der Waals surface area contributed by atoms with Gasteiger partial charge in [-0.2, -0.15) is 0 Å². The fourth-order valence-corrected chi connectivity index (χ4v) is 6.49. The van der Waals surface area contributed by atoms with Crippen LogP contribution in [0.3, 0.4) is 0 Å². The molecular formula is C36H26FN3O3S2. The summed E-state index contributed by atoms with van der Waals surface area (Å²) in [7, 11) is 0. The second-order valence-electron chi connectivity index (χ2n) is 9.96. The molecule has 0 unspecified atom stereocenters. The minimum Gasteiger partial charge on any atom is -0.321 e. The van der Waals surface area contributed by atoms with Gasteiger partial charge in [0.05, 0.1) is 17.1 Å². The summed E-state index contributed by atoms with van der Waals surface area (Å²) in [5.74, 6) is -1.22. The topological polar surface area (TPSA) is 78.5 Å². The molecule has 5 aromatic rings. The fourth-order valence-electron chi connectivity index (χ4n) is 4.68. The van der Waals surface area contributed by atoms with Gasteiger partial charge in [-0.3, -0.25) is 19.3 Å². The molecule has 0 saturated carbocycles. The van der Waals surface area contributed by atoms with Crippen LogP contribution in [-0.4, -0.2) is 23.5 Å². The van der Waals surface area contributed by atoms with Crippen molar-refractivity contribution >= 4 is 64.4 Å². The van der Waals surface area contributed by atoms with E-state index in [1.165, 1.54) is 42.1 Å². The van der Waals surface area contributed by atoms with Gasteiger partial charge in [-0.1, -0.05) is 66.4 Å². The Labute approximate surface area is 268 Å². The summed E-state index contributed by atoms with van der Waals surface area (Å²) in [5, 5.41) is 5.49. The summed E-state index contributed by atoms with van der Waals surface area (Å²) in [4.78, 5) is 44.4. The molecule has 0 spiro atoms. The molecular weight excluding hydrogens is 606 g/mol. The molecule has 2 N–H and O–H groups in total. The van der Waals surface area contributed by atoms with E-state index in [2.05, 4.69) is 10.6 Å².